The van der Waals surface area contributed by atoms with E-state index in [0.717, 1.165) is 33.3 Å². The maximum absolute atomic E-state index is 13.6. The normalized spacial score (nSPS) is 13.7. The second-order valence-electron chi connectivity index (χ2n) is 7.24. The van der Waals surface area contributed by atoms with E-state index in [9.17, 15) is 17.6 Å². The van der Waals surface area contributed by atoms with E-state index in [2.05, 4.69) is 11.4 Å². The van der Waals surface area contributed by atoms with Gasteiger partial charge in [0, 0.05) is 0 Å². The third-order valence-electron chi connectivity index (χ3n) is 4.86. The maximum atomic E-state index is 13.6. The van der Waals surface area contributed by atoms with Crippen LogP contribution >= 0.6 is 0 Å². The highest BCUT2D eigenvalue weighted by Gasteiger charge is 2.30. The average molecular weight is 407 g/mol. The molecule has 0 heterocycles. The van der Waals surface area contributed by atoms with Crippen molar-refractivity contribution in [3.05, 3.63) is 64.5 Å². The number of sulfonamides is 1. The van der Waals surface area contributed by atoms with Crippen molar-refractivity contribution in [2.75, 3.05) is 10.6 Å². The minimum Gasteiger partial charge on any atom is -0.348 e. The highest BCUT2D eigenvalue weighted by Crippen LogP contribution is 2.24. The van der Waals surface area contributed by atoms with Crippen molar-refractivity contribution in [1.29, 1.82) is 0 Å². The van der Waals surface area contributed by atoms with Crippen molar-refractivity contribution >= 4 is 21.6 Å². The number of aryl methyl sites for hydroxylation is 3. The Morgan fingerprint density at radius 2 is 1.64 bits per heavy atom. The fourth-order valence-corrected chi connectivity index (χ4v) is 4.45. The average Bonchev–Trinajstić information content (AvgIpc) is 2.56. The first-order valence-electron chi connectivity index (χ1n) is 9.05. The molecule has 0 unspecified atom stereocenters. The van der Waals surface area contributed by atoms with E-state index in [1.807, 2.05) is 33.8 Å². The molecule has 1 N–H and O–H groups in total. The zero-order valence-electron chi connectivity index (χ0n) is 17.1. The molecule has 0 fully saturated rings. The largest absolute Gasteiger partial charge is 0.348 e. The molecule has 2 atom stereocenters. The van der Waals surface area contributed by atoms with Gasteiger partial charge in [0.25, 0.3) is 0 Å². The van der Waals surface area contributed by atoms with Gasteiger partial charge in [0.2, 0.25) is 15.9 Å². The standard InChI is InChI=1S/C21H27FN2O3S/c1-13-10-15(3)20(11-14(13)2)16(4)23-21(25)17(5)24(28(6,26)27)19-9-7-8-18(22)12-19/h7-12,16-17H,1-6H3,(H,23,25)/t16-,17-/m0/s1. The number of anilines is 1. The van der Waals surface area contributed by atoms with Gasteiger partial charge < -0.3 is 5.32 Å². The van der Waals surface area contributed by atoms with Gasteiger partial charge in [0.05, 0.1) is 18.0 Å². The van der Waals surface area contributed by atoms with Crippen LogP contribution in [0.1, 0.15) is 42.1 Å². The summed E-state index contributed by atoms with van der Waals surface area (Å²) in [7, 11) is -3.79. The van der Waals surface area contributed by atoms with Crippen LogP contribution in [-0.2, 0) is 14.8 Å². The molecule has 0 aliphatic heterocycles. The molecule has 0 radical (unpaired) electrons. The van der Waals surface area contributed by atoms with E-state index in [1.54, 1.807) is 0 Å². The number of rotatable bonds is 6. The van der Waals surface area contributed by atoms with Crippen molar-refractivity contribution in [2.45, 2.75) is 46.7 Å². The summed E-state index contributed by atoms with van der Waals surface area (Å²) in [6.45, 7) is 9.35. The first-order chi connectivity index (χ1) is 12.9. The summed E-state index contributed by atoms with van der Waals surface area (Å²) in [6, 6.07) is 7.95. The van der Waals surface area contributed by atoms with Gasteiger partial charge in [-0.3, -0.25) is 9.10 Å². The minimum atomic E-state index is -3.79. The lowest BCUT2D eigenvalue weighted by Crippen LogP contribution is -2.48. The van der Waals surface area contributed by atoms with Crippen molar-refractivity contribution < 1.29 is 17.6 Å². The number of amides is 1. The third-order valence-corrected chi connectivity index (χ3v) is 6.10. The van der Waals surface area contributed by atoms with E-state index in [4.69, 9.17) is 0 Å². The Kier molecular flexibility index (Phi) is 6.49. The smallest absolute Gasteiger partial charge is 0.244 e. The van der Waals surface area contributed by atoms with Crippen molar-refractivity contribution in [1.82, 2.24) is 5.32 Å². The molecular formula is C21H27FN2O3S. The van der Waals surface area contributed by atoms with E-state index >= 15 is 0 Å². The Hall–Kier alpha value is -2.41. The van der Waals surface area contributed by atoms with Crippen LogP contribution in [-0.4, -0.2) is 26.6 Å². The Morgan fingerprint density at radius 3 is 2.21 bits per heavy atom. The predicted octanol–water partition coefficient (Wildman–Crippen LogP) is 3.78. The molecule has 152 valence electrons. The zero-order chi connectivity index (χ0) is 21.2. The number of benzene rings is 2. The van der Waals surface area contributed by atoms with Gasteiger partial charge in [-0.2, -0.15) is 0 Å². The quantitative estimate of drug-likeness (QED) is 0.794. The number of hydrogen-bond donors (Lipinski definition) is 1. The number of hydrogen-bond acceptors (Lipinski definition) is 3. The summed E-state index contributed by atoms with van der Waals surface area (Å²) in [6.07, 6.45) is 0.999. The molecule has 0 saturated carbocycles. The van der Waals surface area contributed by atoms with Crippen molar-refractivity contribution in [3.63, 3.8) is 0 Å². The summed E-state index contributed by atoms with van der Waals surface area (Å²) in [5.74, 6) is -1.03. The Balaban J connectivity index is 2.30. The molecule has 0 aliphatic rings. The number of carbonyl (C=O) groups is 1. The van der Waals surface area contributed by atoms with Gasteiger partial charge in [-0.15, -0.1) is 0 Å². The van der Waals surface area contributed by atoms with E-state index in [-0.39, 0.29) is 11.7 Å². The Morgan fingerprint density at radius 1 is 1.04 bits per heavy atom. The van der Waals surface area contributed by atoms with Crippen LogP contribution < -0.4 is 9.62 Å². The molecule has 0 aromatic heterocycles. The molecule has 0 bridgehead atoms. The molecule has 5 nitrogen and oxygen atoms in total. The van der Waals surface area contributed by atoms with Crippen LogP contribution in [0.25, 0.3) is 0 Å². The lowest BCUT2D eigenvalue weighted by atomic mass is 9.96. The van der Waals surface area contributed by atoms with E-state index in [1.165, 1.54) is 30.7 Å². The molecule has 2 rings (SSSR count). The monoisotopic (exact) mass is 406 g/mol. The Bertz CT molecular complexity index is 989. The number of carbonyl (C=O) groups excluding carboxylic acids is 1. The highest BCUT2D eigenvalue weighted by atomic mass is 32.2. The Labute approximate surface area is 166 Å². The van der Waals surface area contributed by atoms with Gasteiger partial charge in [-0.1, -0.05) is 18.2 Å². The maximum Gasteiger partial charge on any atom is 0.244 e. The molecule has 0 saturated heterocycles. The zero-order valence-corrected chi connectivity index (χ0v) is 17.9. The molecule has 0 aliphatic carbocycles. The van der Waals surface area contributed by atoms with Crippen LogP contribution in [0.4, 0.5) is 10.1 Å². The minimum absolute atomic E-state index is 0.111. The molecule has 28 heavy (non-hydrogen) atoms. The van der Waals surface area contributed by atoms with Crippen LogP contribution in [0.3, 0.4) is 0 Å². The number of nitrogens with zero attached hydrogens (tertiary/aromatic N) is 1. The summed E-state index contributed by atoms with van der Waals surface area (Å²) in [5, 5.41) is 2.88. The topological polar surface area (TPSA) is 66.5 Å². The molecule has 2 aromatic carbocycles. The first-order valence-corrected chi connectivity index (χ1v) is 10.9. The lowest BCUT2D eigenvalue weighted by molar-refractivity contribution is -0.122. The van der Waals surface area contributed by atoms with Gasteiger partial charge in [-0.05, 0) is 75.1 Å². The van der Waals surface area contributed by atoms with Gasteiger partial charge >= 0.3 is 0 Å². The molecule has 0 spiro atoms. The first kappa shape index (κ1) is 21.9. The molecular weight excluding hydrogens is 379 g/mol. The fraction of sp³-hybridized carbons (Fsp3) is 0.381. The van der Waals surface area contributed by atoms with Gasteiger partial charge in [-0.25, -0.2) is 12.8 Å². The summed E-state index contributed by atoms with van der Waals surface area (Å²) < 4.78 is 39.1. The summed E-state index contributed by atoms with van der Waals surface area (Å²) in [4.78, 5) is 12.8. The van der Waals surface area contributed by atoms with Crippen molar-refractivity contribution in [2.24, 2.45) is 0 Å². The molecule has 7 heteroatoms. The van der Waals surface area contributed by atoms with Crippen LogP contribution in [0, 0.1) is 26.6 Å². The van der Waals surface area contributed by atoms with Crippen LogP contribution in [0.15, 0.2) is 36.4 Å². The van der Waals surface area contributed by atoms with Gasteiger partial charge in [0.1, 0.15) is 11.9 Å². The van der Waals surface area contributed by atoms with Gasteiger partial charge in [0.15, 0.2) is 0 Å². The van der Waals surface area contributed by atoms with E-state index in [0.29, 0.717) is 0 Å². The van der Waals surface area contributed by atoms with Crippen LogP contribution in [0.2, 0.25) is 0 Å². The number of halogens is 1. The molecule has 1 amide bonds. The predicted molar refractivity (Wildman–Crippen MR) is 110 cm³/mol. The SMILES string of the molecule is Cc1cc(C)c([C@H](C)NC(=O)[C@H](C)N(c2cccc(F)c2)S(C)(=O)=O)cc1C. The summed E-state index contributed by atoms with van der Waals surface area (Å²) >= 11 is 0. The third kappa shape index (κ3) is 4.90. The second-order valence-corrected chi connectivity index (χ2v) is 9.10. The number of nitrogens with one attached hydrogen (secondary N) is 1. The fourth-order valence-electron chi connectivity index (χ4n) is 3.28. The lowest BCUT2D eigenvalue weighted by Gasteiger charge is -2.29. The summed E-state index contributed by atoms with van der Waals surface area (Å²) in [5.41, 5.74) is 4.42. The van der Waals surface area contributed by atoms with E-state index < -0.39 is 27.8 Å². The molecule has 2 aromatic rings. The van der Waals surface area contributed by atoms with Crippen molar-refractivity contribution in [3.8, 4) is 0 Å². The van der Waals surface area contributed by atoms with Crippen LogP contribution in [0.5, 0.6) is 0 Å². The highest BCUT2D eigenvalue weighted by molar-refractivity contribution is 7.92. The second kappa shape index (κ2) is 8.31.